The molecule has 0 unspecified atom stereocenters. The van der Waals surface area contributed by atoms with Gasteiger partial charge in [0.2, 0.25) is 0 Å². The van der Waals surface area contributed by atoms with E-state index in [0.717, 1.165) is 55.4 Å². The number of piperazine rings is 1. The average molecular weight is 377 g/mol. The summed E-state index contributed by atoms with van der Waals surface area (Å²) in [5, 5.41) is 3.35. The number of aromatic nitrogens is 2. The summed E-state index contributed by atoms with van der Waals surface area (Å²) < 4.78 is 7.35. The molecule has 7 nitrogen and oxygen atoms in total. The van der Waals surface area contributed by atoms with Gasteiger partial charge < -0.3 is 19.9 Å². The van der Waals surface area contributed by atoms with Crippen LogP contribution in [0.4, 0.5) is 11.4 Å². The van der Waals surface area contributed by atoms with Gasteiger partial charge in [-0.1, -0.05) is 0 Å². The number of anilines is 2. The molecule has 2 aliphatic rings. The molecule has 0 bridgehead atoms. The fourth-order valence-corrected chi connectivity index (χ4v) is 3.86. The molecule has 1 N–H and O–H groups in total. The van der Waals surface area contributed by atoms with Crippen LogP contribution in [-0.4, -0.2) is 55.8 Å². The first-order chi connectivity index (χ1) is 13.7. The van der Waals surface area contributed by atoms with Crippen LogP contribution in [0.25, 0.3) is 16.9 Å². The Morgan fingerprint density at radius 3 is 2.79 bits per heavy atom. The molecule has 28 heavy (non-hydrogen) atoms. The van der Waals surface area contributed by atoms with Crippen molar-refractivity contribution in [3.05, 3.63) is 52.9 Å². The largest absolute Gasteiger partial charge is 0.490 e. The molecule has 4 heterocycles. The lowest BCUT2D eigenvalue weighted by molar-refractivity contribution is 0.311. The molecular formula is C21H23N5O2. The van der Waals surface area contributed by atoms with E-state index in [1.54, 1.807) is 10.5 Å². The van der Waals surface area contributed by atoms with Crippen LogP contribution in [0.2, 0.25) is 0 Å². The van der Waals surface area contributed by atoms with Crippen LogP contribution in [0, 0.1) is 0 Å². The predicted molar refractivity (Wildman–Crippen MR) is 111 cm³/mol. The minimum atomic E-state index is -0.0701. The van der Waals surface area contributed by atoms with Crippen molar-refractivity contribution in [3.8, 4) is 17.0 Å². The first-order valence-electron chi connectivity index (χ1n) is 9.66. The maximum atomic E-state index is 12.8. The van der Waals surface area contributed by atoms with Gasteiger partial charge in [-0.15, -0.1) is 0 Å². The quantitative estimate of drug-likeness (QED) is 0.732. The molecule has 0 spiro atoms. The van der Waals surface area contributed by atoms with Crippen molar-refractivity contribution in [3.63, 3.8) is 0 Å². The van der Waals surface area contributed by atoms with Crippen LogP contribution in [0.1, 0.15) is 0 Å². The molecule has 0 amide bonds. The molecule has 5 rings (SSSR count). The first-order valence-corrected chi connectivity index (χ1v) is 9.66. The fraction of sp³-hybridized carbons (Fsp3) is 0.333. The highest BCUT2D eigenvalue weighted by Crippen LogP contribution is 2.34. The van der Waals surface area contributed by atoms with Crippen molar-refractivity contribution in [2.45, 2.75) is 0 Å². The van der Waals surface area contributed by atoms with Crippen molar-refractivity contribution in [2.75, 3.05) is 56.2 Å². The highest BCUT2D eigenvalue weighted by Gasteiger charge is 2.17. The van der Waals surface area contributed by atoms with E-state index in [2.05, 4.69) is 15.1 Å². The number of nitrogens with zero attached hydrogens (tertiary/aromatic N) is 4. The number of fused-ring (bicyclic) bond motifs is 2. The second kappa shape index (κ2) is 6.83. The van der Waals surface area contributed by atoms with E-state index in [1.807, 2.05) is 43.6 Å². The van der Waals surface area contributed by atoms with E-state index in [0.29, 0.717) is 17.9 Å². The summed E-state index contributed by atoms with van der Waals surface area (Å²) in [4.78, 5) is 22.0. The van der Waals surface area contributed by atoms with Crippen molar-refractivity contribution in [1.82, 2.24) is 14.7 Å². The normalized spacial score (nSPS) is 16.8. The van der Waals surface area contributed by atoms with Gasteiger partial charge in [0.1, 0.15) is 18.0 Å². The number of pyridine rings is 1. The number of benzene rings is 1. The van der Waals surface area contributed by atoms with Crippen LogP contribution in [0.15, 0.2) is 47.4 Å². The Hall–Kier alpha value is -3.06. The van der Waals surface area contributed by atoms with Crippen LogP contribution in [-0.2, 0) is 0 Å². The minimum Gasteiger partial charge on any atom is -0.490 e. The third-order valence-corrected chi connectivity index (χ3v) is 5.48. The van der Waals surface area contributed by atoms with Crippen LogP contribution >= 0.6 is 0 Å². The zero-order valence-corrected chi connectivity index (χ0v) is 15.9. The summed E-state index contributed by atoms with van der Waals surface area (Å²) in [6, 6.07) is 11.5. The summed E-state index contributed by atoms with van der Waals surface area (Å²) >= 11 is 0. The van der Waals surface area contributed by atoms with Gasteiger partial charge in [0.05, 0.1) is 23.6 Å². The maximum absolute atomic E-state index is 12.8. The lowest BCUT2D eigenvalue weighted by atomic mass is 10.1. The maximum Gasteiger partial charge on any atom is 0.258 e. The van der Waals surface area contributed by atoms with E-state index >= 15 is 0 Å². The molecule has 0 radical (unpaired) electrons. The third-order valence-electron chi connectivity index (χ3n) is 5.48. The summed E-state index contributed by atoms with van der Waals surface area (Å²) in [6.45, 7) is 5.33. The summed E-state index contributed by atoms with van der Waals surface area (Å²) in [5.74, 6) is 0.871. The number of ether oxygens (including phenoxy) is 1. The Labute approximate surface area is 163 Å². The second-order valence-corrected chi connectivity index (χ2v) is 7.28. The Morgan fingerprint density at radius 1 is 1.07 bits per heavy atom. The number of likely N-dealkylation sites (N-methyl/N-ethyl adjacent to an activating group) is 1. The van der Waals surface area contributed by atoms with Gasteiger partial charge in [0.25, 0.3) is 5.56 Å². The molecule has 1 aromatic carbocycles. The van der Waals surface area contributed by atoms with Crippen molar-refractivity contribution < 1.29 is 4.74 Å². The Morgan fingerprint density at radius 2 is 1.93 bits per heavy atom. The number of hydrogen-bond donors (Lipinski definition) is 1. The second-order valence-electron chi connectivity index (χ2n) is 7.28. The fourth-order valence-electron chi connectivity index (χ4n) is 3.86. The van der Waals surface area contributed by atoms with Crippen LogP contribution in [0.5, 0.6) is 5.75 Å². The summed E-state index contributed by atoms with van der Waals surface area (Å²) in [5.41, 5.74) is 4.27. The summed E-state index contributed by atoms with van der Waals surface area (Å²) in [6.07, 6.45) is 1.90. The lowest BCUT2D eigenvalue weighted by Gasteiger charge is -2.29. The molecule has 0 atom stereocenters. The zero-order valence-electron chi connectivity index (χ0n) is 15.9. The SMILES string of the molecule is CN1CCOc2ccc(-c3cc(=O)n4cc(N5CCNCC5)ccc4n3)cc21. The van der Waals surface area contributed by atoms with Crippen molar-refractivity contribution in [2.24, 2.45) is 0 Å². The predicted octanol–water partition coefficient (Wildman–Crippen LogP) is 1.60. The highest BCUT2D eigenvalue weighted by molar-refractivity contribution is 5.72. The molecule has 1 saturated heterocycles. The van der Waals surface area contributed by atoms with E-state index in [9.17, 15) is 4.79 Å². The lowest BCUT2D eigenvalue weighted by Crippen LogP contribution is -2.43. The molecule has 0 saturated carbocycles. The minimum absolute atomic E-state index is 0.0701. The number of rotatable bonds is 2. The third kappa shape index (κ3) is 2.97. The smallest absolute Gasteiger partial charge is 0.258 e. The van der Waals surface area contributed by atoms with Crippen molar-refractivity contribution >= 4 is 17.0 Å². The Bertz CT molecular complexity index is 1090. The van der Waals surface area contributed by atoms with E-state index in [4.69, 9.17) is 9.72 Å². The number of nitrogens with one attached hydrogen (secondary N) is 1. The van der Waals surface area contributed by atoms with E-state index < -0.39 is 0 Å². The van der Waals surface area contributed by atoms with Gasteiger partial charge in [0, 0.05) is 51.1 Å². The van der Waals surface area contributed by atoms with Gasteiger partial charge in [-0.2, -0.15) is 0 Å². The molecular weight excluding hydrogens is 354 g/mol. The Balaban J connectivity index is 1.55. The van der Waals surface area contributed by atoms with E-state index in [1.165, 1.54) is 0 Å². The van der Waals surface area contributed by atoms with Gasteiger partial charge in [0.15, 0.2) is 0 Å². The molecule has 2 aromatic heterocycles. The topological polar surface area (TPSA) is 62.1 Å². The summed E-state index contributed by atoms with van der Waals surface area (Å²) in [7, 11) is 2.05. The average Bonchev–Trinajstić information content (AvgIpc) is 2.74. The molecule has 1 fully saturated rings. The van der Waals surface area contributed by atoms with Gasteiger partial charge >= 0.3 is 0 Å². The van der Waals surface area contributed by atoms with Crippen LogP contribution in [0.3, 0.4) is 0 Å². The van der Waals surface area contributed by atoms with Gasteiger partial charge in [-0.25, -0.2) is 4.98 Å². The van der Waals surface area contributed by atoms with Gasteiger partial charge in [-0.05, 0) is 30.3 Å². The molecule has 0 aliphatic carbocycles. The molecule has 144 valence electrons. The van der Waals surface area contributed by atoms with Crippen molar-refractivity contribution in [1.29, 1.82) is 0 Å². The number of hydrogen-bond acceptors (Lipinski definition) is 6. The Kier molecular flexibility index (Phi) is 4.16. The van der Waals surface area contributed by atoms with Crippen LogP contribution < -0.4 is 25.4 Å². The molecule has 3 aromatic rings. The van der Waals surface area contributed by atoms with E-state index in [-0.39, 0.29) is 5.56 Å². The standard InChI is InChI=1S/C21H23N5O2/c1-24-10-11-28-19-4-2-15(12-18(19)24)17-13-21(27)26-14-16(3-5-20(26)23-17)25-8-6-22-7-9-25/h2-5,12-14,22H,6-11H2,1H3. The first kappa shape index (κ1) is 17.1. The zero-order chi connectivity index (χ0) is 19.1. The monoisotopic (exact) mass is 377 g/mol. The van der Waals surface area contributed by atoms with Gasteiger partial charge in [-0.3, -0.25) is 9.20 Å². The highest BCUT2D eigenvalue weighted by atomic mass is 16.5. The molecule has 2 aliphatic heterocycles. The molecule has 7 heteroatoms.